The standard InChI is InChI=1S/C19H10F7NO2/c20-17-9-15(11-3-1-5-13(7-11)28-18(21,22)23)16(10-27-17)12-4-2-6-14(8-12)29-19(24,25)26/h1-10H. The van der Waals surface area contributed by atoms with Gasteiger partial charge in [-0.1, -0.05) is 24.3 Å². The molecule has 0 spiro atoms. The van der Waals surface area contributed by atoms with Crippen LogP contribution in [0.3, 0.4) is 0 Å². The van der Waals surface area contributed by atoms with Gasteiger partial charge in [0.1, 0.15) is 11.5 Å². The van der Waals surface area contributed by atoms with E-state index in [2.05, 4.69) is 14.5 Å². The maximum atomic E-state index is 13.7. The lowest BCUT2D eigenvalue weighted by Crippen LogP contribution is -2.17. The Bertz CT molecular complexity index is 1020. The fourth-order valence-electron chi connectivity index (χ4n) is 2.62. The molecule has 0 atom stereocenters. The molecule has 0 N–H and O–H groups in total. The lowest BCUT2D eigenvalue weighted by molar-refractivity contribution is -0.275. The molecular weight excluding hydrogens is 407 g/mol. The Morgan fingerprint density at radius 3 is 1.62 bits per heavy atom. The molecule has 3 rings (SSSR count). The molecule has 1 aromatic heterocycles. The van der Waals surface area contributed by atoms with Crippen molar-refractivity contribution < 1.29 is 40.2 Å². The first kappa shape index (κ1) is 20.4. The van der Waals surface area contributed by atoms with E-state index < -0.39 is 30.2 Å². The van der Waals surface area contributed by atoms with Crippen LogP contribution in [-0.4, -0.2) is 17.7 Å². The number of aromatic nitrogens is 1. The second kappa shape index (κ2) is 7.61. The first-order chi connectivity index (χ1) is 13.5. The van der Waals surface area contributed by atoms with Crippen LogP contribution in [-0.2, 0) is 0 Å². The van der Waals surface area contributed by atoms with Crippen molar-refractivity contribution in [1.82, 2.24) is 4.98 Å². The van der Waals surface area contributed by atoms with Crippen LogP contribution in [0.15, 0.2) is 60.8 Å². The molecule has 10 heteroatoms. The van der Waals surface area contributed by atoms with Gasteiger partial charge in [0.05, 0.1) is 0 Å². The second-order valence-electron chi connectivity index (χ2n) is 5.70. The summed E-state index contributed by atoms with van der Waals surface area (Å²) in [6.45, 7) is 0. The van der Waals surface area contributed by atoms with Gasteiger partial charge >= 0.3 is 12.7 Å². The van der Waals surface area contributed by atoms with E-state index in [1.807, 2.05) is 0 Å². The van der Waals surface area contributed by atoms with Crippen LogP contribution >= 0.6 is 0 Å². The van der Waals surface area contributed by atoms with Crippen molar-refractivity contribution in [2.75, 3.05) is 0 Å². The first-order valence-corrected chi connectivity index (χ1v) is 7.88. The zero-order valence-corrected chi connectivity index (χ0v) is 14.2. The van der Waals surface area contributed by atoms with E-state index in [9.17, 15) is 30.7 Å². The summed E-state index contributed by atoms with van der Waals surface area (Å²) in [6, 6.07) is 10.6. The maximum Gasteiger partial charge on any atom is 0.573 e. The van der Waals surface area contributed by atoms with Crippen molar-refractivity contribution in [3.05, 3.63) is 66.7 Å². The highest BCUT2D eigenvalue weighted by molar-refractivity contribution is 5.83. The summed E-state index contributed by atoms with van der Waals surface area (Å²) in [6.07, 6.45) is -8.77. The topological polar surface area (TPSA) is 31.4 Å². The summed E-state index contributed by atoms with van der Waals surface area (Å²) in [5.41, 5.74) is 0.624. The summed E-state index contributed by atoms with van der Waals surface area (Å²) >= 11 is 0. The second-order valence-corrected chi connectivity index (χ2v) is 5.70. The van der Waals surface area contributed by atoms with E-state index in [1.165, 1.54) is 24.3 Å². The molecule has 0 amide bonds. The van der Waals surface area contributed by atoms with Crippen LogP contribution < -0.4 is 9.47 Å². The summed E-state index contributed by atoms with van der Waals surface area (Å²) in [4.78, 5) is 3.49. The van der Waals surface area contributed by atoms with E-state index in [4.69, 9.17) is 0 Å². The van der Waals surface area contributed by atoms with E-state index in [0.29, 0.717) is 0 Å². The molecular formula is C19H10F7NO2. The Kier molecular flexibility index (Phi) is 5.36. The van der Waals surface area contributed by atoms with Gasteiger partial charge in [0.15, 0.2) is 0 Å². The van der Waals surface area contributed by atoms with Crippen molar-refractivity contribution in [3.8, 4) is 33.8 Å². The van der Waals surface area contributed by atoms with Crippen molar-refractivity contribution in [2.45, 2.75) is 12.7 Å². The molecule has 2 aromatic carbocycles. The number of halogens is 7. The van der Waals surface area contributed by atoms with E-state index >= 15 is 0 Å². The Morgan fingerprint density at radius 2 is 1.14 bits per heavy atom. The molecule has 0 aliphatic rings. The normalized spacial score (nSPS) is 12.0. The maximum absolute atomic E-state index is 13.7. The quantitative estimate of drug-likeness (QED) is 0.366. The molecule has 0 saturated heterocycles. The molecule has 0 fully saturated rings. The molecule has 0 aliphatic carbocycles. The molecule has 29 heavy (non-hydrogen) atoms. The molecule has 0 saturated carbocycles. The zero-order chi connectivity index (χ0) is 21.2. The van der Waals surface area contributed by atoms with Crippen molar-refractivity contribution >= 4 is 0 Å². The summed E-state index contributed by atoms with van der Waals surface area (Å²) < 4.78 is 96.2. The van der Waals surface area contributed by atoms with Gasteiger partial charge in [-0.05, 0) is 41.0 Å². The van der Waals surface area contributed by atoms with E-state index in [1.54, 1.807) is 0 Å². The number of rotatable bonds is 4. The number of pyridine rings is 1. The molecule has 0 aliphatic heterocycles. The van der Waals surface area contributed by atoms with E-state index in [-0.39, 0.29) is 22.3 Å². The van der Waals surface area contributed by atoms with Crippen LogP contribution in [0.5, 0.6) is 11.5 Å². The molecule has 0 unspecified atom stereocenters. The van der Waals surface area contributed by atoms with Gasteiger partial charge in [0, 0.05) is 17.8 Å². The predicted molar refractivity (Wildman–Crippen MR) is 88.4 cm³/mol. The molecule has 152 valence electrons. The summed E-state index contributed by atoms with van der Waals surface area (Å²) in [7, 11) is 0. The fraction of sp³-hybridized carbons (Fsp3) is 0.105. The number of benzene rings is 2. The Labute approximate surface area is 159 Å². The SMILES string of the molecule is Fc1cc(-c2cccc(OC(F)(F)F)c2)c(-c2cccc(OC(F)(F)F)c2)cn1. The van der Waals surface area contributed by atoms with Gasteiger partial charge in [0.25, 0.3) is 0 Å². The van der Waals surface area contributed by atoms with Gasteiger partial charge in [-0.25, -0.2) is 4.98 Å². The average molecular weight is 417 g/mol. The molecule has 1 heterocycles. The fourth-order valence-corrected chi connectivity index (χ4v) is 2.62. The molecule has 3 aromatic rings. The number of alkyl halides is 6. The molecule has 3 nitrogen and oxygen atoms in total. The Morgan fingerprint density at radius 1 is 0.655 bits per heavy atom. The number of hydrogen-bond donors (Lipinski definition) is 0. The largest absolute Gasteiger partial charge is 0.573 e. The predicted octanol–water partition coefficient (Wildman–Crippen LogP) is 6.35. The van der Waals surface area contributed by atoms with Gasteiger partial charge in [-0.15, -0.1) is 26.3 Å². The third-order valence-corrected chi connectivity index (χ3v) is 3.63. The van der Waals surface area contributed by atoms with Crippen molar-refractivity contribution in [2.24, 2.45) is 0 Å². The smallest absolute Gasteiger partial charge is 0.406 e. The Hall–Kier alpha value is -3.30. The van der Waals surface area contributed by atoms with Crippen LogP contribution in [0.2, 0.25) is 0 Å². The first-order valence-electron chi connectivity index (χ1n) is 7.88. The third-order valence-electron chi connectivity index (χ3n) is 3.63. The lowest BCUT2D eigenvalue weighted by atomic mass is 9.96. The van der Waals surface area contributed by atoms with Gasteiger partial charge in [-0.2, -0.15) is 4.39 Å². The highest BCUT2D eigenvalue weighted by Gasteiger charge is 2.32. The number of nitrogens with zero attached hydrogens (tertiary/aromatic N) is 1. The summed E-state index contributed by atoms with van der Waals surface area (Å²) in [5, 5.41) is 0. The Balaban J connectivity index is 2.06. The minimum atomic E-state index is -4.92. The highest BCUT2D eigenvalue weighted by atomic mass is 19.4. The van der Waals surface area contributed by atoms with Gasteiger partial charge in [0.2, 0.25) is 5.95 Å². The van der Waals surface area contributed by atoms with E-state index in [0.717, 1.165) is 36.5 Å². The van der Waals surface area contributed by atoms with Crippen LogP contribution in [0.25, 0.3) is 22.3 Å². The van der Waals surface area contributed by atoms with Crippen LogP contribution in [0.1, 0.15) is 0 Å². The minimum Gasteiger partial charge on any atom is -0.406 e. The molecule has 0 radical (unpaired) electrons. The average Bonchev–Trinajstić information content (AvgIpc) is 2.59. The number of ether oxygens (including phenoxy) is 2. The lowest BCUT2D eigenvalue weighted by Gasteiger charge is -2.14. The van der Waals surface area contributed by atoms with Gasteiger partial charge in [-0.3, -0.25) is 0 Å². The van der Waals surface area contributed by atoms with Crippen molar-refractivity contribution in [1.29, 1.82) is 0 Å². The van der Waals surface area contributed by atoms with Crippen LogP contribution in [0, 0.1) is 5.95 Å². The zero-order valence-electron chi connectivity index (χ0n) is 14.2. The van der Waals surface area contributed by atoms with Crippen LogP contribution in [0.4, 0.5) is 30.7 Å². The highest BCUT2D eigenvalue weighted by Crippen LogP contribution is 2.36. The van der Waals surface area contributed by atoms with Crippen molar-refractivity contribution in [3.63, 3.8) is 0 Å². The summed E-state index contributed by atoms with van der Waals surface area (Å²) in [5.74, 6) is -1.97. The van der Waals surface area contributed by atoms with Gasteiger partial charge < -0.3 is 9.47 Å². The third kappa shape index (κ3) is 5.59. The number of hydrogen-bond acceptors (Lipinski definition) is 3. The monoisotopic (exact) mass is 417 g/mol. The molecule has 0 bridgehead atoms. The minimum absolute atomic E-state index is 0.106.